The van der Waals surface area contributed by atoms with Crippen LogP contribution in [-0.4, -0.2) is 74.0 Å². The number of alkyl halides is 3. The van der Waals surface area contributed by atoms with Crippen LogP contribution in [0, 0.1) is 11.8 Å². The summed E-state index contributed by atoms with van der Waals surface area (Å²) >= 11 is 0. The largest absolute Gasteiger partial charge is 0.416 e. The van der Waals surface area contributed by atoms with Crippen molar-refractivity contribution < 1.29 is 32.3 Å². The average molecular weight is 484 g/mol. The quantitative estimate of drug-likeness (QED) is 0.605. The molecule has 2 fully saturated rings. The summed E-state index contributed by atoms with van der Waals surface area (Å²) in [6.07, 6.45) is -1.38. The first-order chi connectivity index (χ1) is 16.2. The van der Waals surface area contributed by atoms with Gasteiger partial charge in [0.15, 0.2) is 0 Å². The first-order valence-corrected chi connectivity index (χ1v) is 11.7. The highest BCUT2D eigenvalue weighted by Gasteiger charge is 2.34. The first kappa shape index (κ1) is 26.0. The number of carbonyl (C=O) groups excluding carboxylic acids is 3. The molecule has 7 nitrogen and oxygen atoms in total. The highest BCUT2D eigenvalue weighted by Crippen LogP contribution is 2.30. The fourth-order valence-corrected chi connectivity index (χ4v) is 4.51. The summed E-state index contributed by atoms with van der Waals surface area (Å²) < 4.78 is 43.2. The number of hydrogen-bond acceptors (Lipinski definition) is 4. The summed E-state index contributed by atoms with van der Waals surface area (Å²) in [6.45, 7) is 3.03. The number of amides is 3. The molecule has 1 aromatic rings. The van der Waals surface area contributed by atoms with Gasteiger partial charge in [-0.05, 0) is 56.4 Å². The third-order valence-electron chi connectivity index (χ3n) is 6.59. The molecular weight excluding hydrogens is 451 g/mol. The number of piperidine rings is 2. The molecule has 0 aliphatic carbocycles. The second-order valence-corrected chi connectivity index (χ2v) is 8.88. The van der Waals surface area contributed by atoms with Gasteiger partial charge in [-0.3, -0.25) is 14.4 Å². The van der Waals surface area contributed by atoms with Crippen molar-refractivity contribution in [2.24, 2.45) is 11.8 Å². The molecule has 188 valence electrons. The zero-order valence-corrected chi connectivity index (χ0v) is 19.4. The predicted molar refractivity (Wildman–Crippen MR) is 119 cm³/mol. The van der Waals surface area contributed by atoms with Crippen molar-refractivity contribution in [3.05, 3.63) is 35.4 Å². The summed E-state index contributed by atoms with van der Waals surface area (Å²) in [7, 11) is 1.62. The van der Waals surface area contributed by atoms with Crippen LogP contribution >= 0.6 is 0 Å². The van der Waals surface area contributed by atoms with E-state index in [1.54, 1.807) is 12.0 Å². The van der Waals surface area contributed by atoms with Gasteiger partial charge in [-0.25, -0.2) is 0 Å². The summed E-state index contributed by atoms with van der Waals surface area (Å²) in [5.41, 5.74) is -0.582. The SMILES string of the molecule is COCCCNC(=O)C1CCN(C(=O)C2CCN(C(=O)c3ccc(C(F)(F)F)cc3)CC2)CC1. The molecule has 1 aromatic carbocycles. The molecule has 0 unspecified atom stereocenters. The lowest BCUT2D eigenvalue weighted by Gasteiger charge is -2.37. The number of nitrogens with one attached hydrogen (secondary N) is 1. The van der Waals surface area contributed by atoms with Crippen LogP contribution in [0.1, 0.15) is 48.0 Å². The minimum absolute atomic E-state index is 0.0262. The summed E-state index contributed by atoms with van der Waals surface area (Å²) in [6, 6.07) is 4.21. The fourth-order valence-electron chi connectivity index (χ4n) is 4.51. The Hall–Kier alpha value is -2.62. The molecule has 0 bridgehead atoms. The number of methoxy groups -OCH3 is 1. The molecule has 2 aliphatic heterocycles. The van der Waals surface area contributed by atoms with Crippen LogP contribution < -0.4 is 5.32 Å². The van der Waals surface area contributed by atoms with E-state index in [4.69, 9.17) is 4.74 Å². The molecule has 0 spiro atoms. The minimum Gasteiger partial charge on any atom is -0.385 e. The van der Waals surface area contributed by atoms with Crippen molar-refractivity contribution in [2.45, 2.75) is 38.3 Å². The van der Waals surface area contributed by atoms with Gasteiger partial charge in [0.2, 0.25) is 11.8 Å². The molecule has 3 amide bonds. The maximum atomic E-state index is 13.0. The second-order valence-electron chi connectivity index (χ2n) is 8.88. The van der Waals surface area contributed by atoms with Gasteiger partial charge in [0.1, 0.15) is 0 Å². The molecule has 1 N–H and O–H groups in total. The van der Waals surface area contributed by atoms with Gasteiger partial charge >= 0.3 is 6.18 Å². The fraction of sp³-hybridized carbons (Fsp3) is 0.625. The normalized spacial score (nSPS) is 18.1. The van der Waals surface area contributed by atoms with Gasteiger partial charge in [0.05, 0.1) is 5.56 Å². The van der Waals surface area contributed by atoms with Crippen LogP contribution in [0.25, 0.3) is 0 Å². The Bertz CT molecular complexity index is 844. The van der Waals surface area contributed by atoms with E-state index in [9.17, 15) is 27.6 Å². The Labute approximate surface area is 197 Å². The third kappa shape index (κ3) is 6.71. The van der Waals surface area contributed by atoms with E-state index in [0.29, 0.717) is 65.0 Å². The Kier molecular flexibility index (Phi) is 8.93. The number of ether oxygens (including phenoxy) is 1. The molecule has 10 heteroatoms. The van der Waals surface area contributed by atoms with Gasteiger partial charge < -0.3 is 19.9 Å². The smallest absolute Gasteiger partial charge is 0.385 e. The molecule has 0 saturated carbocycles. The van der Waals surface area contributed by atoms with E-state index in [1.165, 1.54) is 12.1 Å². The molecule has 2 saturated heterocycles. The van der Waals surface area contributed by atoms with Crippen LogP contribution in [0.3, 0.4) is 0 Å². The number of hydrogen-bond donors (Lipinski definition) is 1. The van der Waals surface area contributed by atoms with Crippen molar-refractivity contribution in [2.75, 3.05) is 46.4 Å². The van der Waals surface area contributed by atoms with E-state index < -0.39 is 11.7 Å². The van der Waals surface area contributed by atoms with Gasteiger partial charge in [-0.2, -0.15) is 13.2 Å². The Morgan fingerprint density at radius 3 is 2.06 bits per heavy atom. The average Bonchev–Trinajstić information content (AvgIpc) is 2.85. The van der Waals surface area contributed by atoms with Gasteiger partial charge in [-0.15, -0.1) is 0 Å². The number of benzene rings is 1. The number of likely N-dealkylation sites (tertiary alicyclic amines) is 2. The van der Waals surface area contributed by atoms with Crippen molar-refractivity contribution in [3.63, 3.8) is 0 Å². The number of nitrogens with zero attached hydrogens (tertiary/aromatic N) is 2. The minimum atomic E-state index is -4.44. The lowest BCUT2D eigenvalue weighted by molar-refractivity contribution is -0.140. The lowest BCUT2D eigenvalue weighted by Crippen LogP contribution is -2.48. The molecule has 0 radical (unpaired) electrons. The van der Waals surface area contributed by atoms with Gasteiger partial charge in [0, 0.05) is 63.8 Å². The van der Waals surface area contributed by atoms with E-state index in [-0.39, 0.29) is 35.1 Å². The van der Waals surface area contributed by atoms with Crippen LogP contribution in [0.2, 0.25) is 0 Å². The van der Waals surface area contributed by atoms with Crippen molar-refractivity contribution >= 4 is 17.7 Å². The predicted octanol–water partition coefficient (Wildman–Crippen LogP) is 2.95. The molecule has 0 aromatic heterocycles. The van der Waals surface area contributed by atoms with Crippen molar-refractivity contribution in [3.8, 4) is 0 Å². The molecular formula is C24H32F3N3O4. The van der Waals surface area contributed by atoms with Crippen LogP contribution in [0.4, 0.5) is 13.2 Å². The van der Waals surface area contributed by atoms with E-state index >= 15 is 0 Å². The zero-order chi connectivity index (χ0) is 24.7. The van der Waals surface area contributed by atoms with E-state index in [1.807, 2.05) is 4.90 Å². The first-order valence-electron chi connectivity index (χ1n) is 11.7. The molecule has 3 rings (SSSR count). The summed E-state index contributed by atoms with van der Waals surface area (Å²) in [5.74, 6) is -0.512. The molecule has 34 heavy (non-hydrogen) atoms. The monoisotopic (exact) mass is 483 g/mol. The van der Waals surface area contributed by atoms with Gasteiger partial charge in [-0.1, -0.05) is 0 Å². The maximum absolute atomic E-state index is 13.0. The van der Waals surface area contributed by atoms with E-state index in [2.05, 4.69) is 5.32 Å². The van der Waals surface area contributed by atoms with E-state index in [0.717, 1.165) is 18.6 Å². The molecule has 2 aliphatic rings. The number of carbonyl (C=O) groups is 3. The summed E-state index contributed by atoms with van der Waals surface area (Å²) in [5, 5.41) is 2.92. The summed E-state index contributed by atoms with van der Waals surface area (Å²) in [4.78, 5) is 41.3. The number of halogens is 3. The Morgan fingerprint density at radius 1 is 0.941 bits per heavy atom. The lowest BCUT2D eigenvalue weighted by atomic mass is 9.91. The van der Waals surface area contributed by atoms with Crippen LogP contribution in [0.5, 0.6) is 0 Å². The molecule has 0 atom stereocenters. The van der Waals surface area contributed by atoms with Crippen LogP contribution in [-0.2, 0) is 20.5 Å². The second kappa shape index (κ2) is 11.7. The van der Waals surface area contributed by atoms with Crippen molar-refractivity contribution in [1.82, 2.24) is 15.1 Å². The Balaban J connectivity index is 1.42. The zero-order valence-electron chi connectivity index (χ0n) is 19.4. The van der Waals surface area contributed by atoms with Crippen LogP contribution in [0.15, 0.2) is 24.3 Å². The third-order valence-corrected chi connectivity index (χ3v) is 6.59. The topological polar surface area (TPSA) is 79.0 Å². The molecule has 2 heterocycles. The van der Waals surface area contributed by atoms with Crippen molar-refractivity contribution in [1.29, 1.82) is 0 Å². The Morgan fingerprint density at radius 2 is 1.50 bits per heavy atom. The standard InChI is InChI=1S/C24H32F3N3O4/c1-34-16-2-11-28-21(31)17-7-12-29(13-8-17)23(33)19-9-14-30(15-10-19)22(32)18-3-5-20(6-4-18)24(25,26)27/h3-6,17,19H,2,7-16H2,1H3,(H,28,31). The maximum Gasteiger partial charge on any atom is 0.416 e. The highest BCUT2D eigenvalue weighted by molar-refractivity contribution is 5.94. The van der Waals surface area contributed by atoms with Gasteiger partial charge in [0.25, 0.3) is 5.91 Å². The number of rotatable bonds is 7. The highest BCUT2D eigenvalue weighted by atomic mass is 19.4.